The van der Waals surface area contributed by atoms with Crippen LogP contribution in [0.15, 0.2) is 18.2 Å². The normalized spacial score (nSPS) is 23.3. The fourth-order valence-electron chi connectivity index (χ4n) is 2.49. The lowest BCUT2D eigenvalue weighted by atomic mass is 10.0. The van der Waals surface area contributed by atoms with Crippen molar-refractivity contribution in [2.24, 2.45) is 5.73 Å². The van der Waals surface area contributed by atoms with Gasteiger partial charge in [0.2, 0.25) is 0 Å². The molecule has 2 N–H and O–H groups in total. The quantitative estimate of drug-likeness (QED) is 0.914. The lowest BCUT2D eigenvalue weighted by molar-refractivity contribution is 0.600. The van der Waals surface area contributed by atoms with Gasteiger partial charge in [-0.3, -0.25) is 0 Å². The Morgan fingerprint density at radius 1 is 1.47 bits per heavy atom. The zero-order valence-electron chi connectivity index (χ0n) is 11.1. The van der Waals surface area contributed by atoms with Crippen molar-refractivity contribution in [1.29, 1.82) is 0 Å². The Labute approximate surface area is 113 Å². The summed E-state index contributed by atoms with van der Waals surface area (Å²) in [5, 5.41) is 0. The van der Waals surface area contributed by atoms with E-state index in [2.05, 4.69) is 0 Å². The van der Waals surface area contributed by atoms with E-state index in [0.717, 1.165) is 5.69 Å². The molecule has 1 aliphatic heterocycles. The molecule has 1 fully saturated rings. The maximum atomic E-state index is 13.3. The van der Waals surface area contributed by atoms with Crippen molar-refractivity contribution in [2.75, 3.05) is 23.5 Å². The van der Waals surface area contributed by atoms with Crippen molar-refractivity contribution >= 4 is 15.5 Å². The van der Waals surface area contributed by atoms with E-state index < -0.39 is 9.84 Å². The van der Waals surface area contributed by atoms with Crippen LogP contribution in [-0.4, -0.2) is 33.0 Å². The predicted molar refractivity (Wildman–Crippen MR) is 74.5 cm³/mol. The number of nitrogens with zero attached hydrogens (tertiary/aromatic N) is 1. The Balaban J connectivity index is 2.31. The third kappa shape index (κ3) is 3.06. The van der Waals surface area contributed by atoms with Gasteiger partial charge in [0.15, 0.2) is 9.84 Å². The fourth-order valence-corrected chi connectivity index (χ4v) is 4.26. The SMILES string of the molecule is CC(N)c1cc(F)ccc1N(C)C1CCS(=O)(=O)C1. The molecule has 6 heteroatoms. The molecule has 2 rings (SSSR count). The first-order valence-corrected chi connectivity index (χ1v) is 8.10. The molecular formula is C13H19FN2O2S. The van der Waals surface area contributed by atoms with Crippen molar-refractivity contribution in [1.82, 2.24) is 0 Å². The Morgan fingerprint density at radius 2 is 2.16 bits per heavy atom. The van der Waals surface area contributed by atoms with E-state index in [1.165, 1.54) is 12.1 Å². The number of anilines is 1. The van der Waals surface area contributed by atoms with E-state index in [-0.39, 0.29) is 29.4 Å². The molecule has 2 atom stereocenters. The Bertz CT molecular complexity index is 572. The Hall–Kier alpha value is -1.14. The lowest BCUT2D eigenvalue weighted by Gasteiger charge is -2.29. The van der Waals surface area contributed by atoms with Crippen molar-refractivity contribution in [3.05, 3.63) is 29.6 Å². The van der Waals surface area contributed by atoms with Gasteiger partial charge in [-0.15, -0.1) is 0 Å². The van der Waals surface area contributed by atoms with Crippen LogP contribution < -0.4 is 10.6 Å². The van der Waals surface area contributed by atoms with E-state index >= 15 is 0 Å². The summed E-state index contributed by atoms with van der Waals surface area (Å²) in [6.07, 6.45) is 0.606. The van der Waals surface area contributed by atoms with E-state index in [1.54, 1.807) is 13.0 Å². The summed E-state index contributed by atoms with van der Waals surface area (Å²) in [4.78, 5) is 1.91. The molecule has 0 aromatic heterocycles. The molecule has 1 saturated heterocycles. The molecule has 0 amide bonds. The number of benzene rings is 1. The van der Waals surface area contributed by atoms with Gasteiger partial charge in [0, 0.05) is 24.8 Å². The second-order valence-corrected chi connectivity index (χ2v) is 7.39. The highest BCUT2D eigenvalue weighted by molar-refractivity contribution is 7.91. The van der Waals surface area contributed by atoms with E-state index in [9.17, 15) is 12.8 Å². The van der Waals surface area contributed by atoms with Crippen LogP contribution in [0.25, 0.3) is 0 Å². The van der Waals surface area contributed by atoms with Gasteiger partial charge in [0.1, 0.15) is 5.82 Å². The first kappa shape index (κ1) is 14.3. The average Bonchev–Trinajstić information content (AvgIpc) is 2.68. The van der Waals surface area contributed by atoms with Crippen LogP contribution >= 0.6 is 0 Å². The second-order valence-electron chi connectivity index (χ2n) is 5.16. The molecule has 1 heterocycles. The number of sulfone groups is 1. The lowest BCUT2D eigenvalue weighted by Crippen LogP contribution is -2.33. The molecule has 1 aromatic rings. The van der Waals surface area contributed by atoms with E-state index in [4.69, 9.17) is 5.73 Å². The second kappa shape index (κ2) is 5.09. The molecule has 4 nitrogen and oxygen atoms in total. The summed E-state index contributed by atoms with van der Waals surface area (Å²) in [7, 11) is -1.10. The van der Waals surface area contributed by atoms with Crippen LogP contribution in [0.3, 0.4) is 0 Å². The Morgan fingerprint density at radius 3 is 2.68 bits per heavy atom. The van der Waals surface area contributed by atoms with Crippen LogP contribution in [0.5, 0.6) is 0 Å². The third-order valence-electron chi connectivity index (χ3n) is 3.62. The number of nitrogens with two attached hydrogens (primary N) is 1. The predicted octanol–water partition coefficient (Wildman–Crippen LogP) is 1.47. The molecule has 0 bridgehead atoms. The smallest absolute Gasteiger partial charge is 0.152 e. The van der Waals surface area contributed by atoms with Crippen LogP contribution in [-0.2, 0) is 9.84 Å². The summed E-state index contributed by atoms with van der Waals surface area (Å²) >= 11 is 0. The van der Waals surface area contributed by atoms with Gasteiger partial charge in [-0.05, 0) is 37.1 Å². The average molecular weight is 286 g/mol. The number of hydrogen-bond acceptors (Lipinski definition) is 4. The van der Waals surface area contributed by atoms with Crippen LogP contribution in [0.2, 0.25) is 0 Å². The minimum absolute atomic E-state index is 0.0621. The zero-order valence-corrected chi connectivity index (χ0v) is 12.0. The van der Waals surface area contributed by atoms with E-state index in [1.807, 2.05) is 11.9 Å². The highest BCUT2D eigenvalue weighted by Gasteiger charge is 2.31. The minimum Gasteiger partial charge on any atom is -0.370 e. The van der Waals surface area contributed by atoms with Gasteiger partial charge in [0.05, 0.1) is 11.5 Å². The largest absolute Gasteiger partial charge is 0.370 e. The van der Waals surface area contributed by atoms with Gasteiger partial charge in [0.25, 0.3) is 0 Å². The molecule has 106 valence electrons. The van der Waals surface area contributed by atoms with Crippen molar-refractivity contribution in [3.8, 4) is 0 Å². The number of halogens is 1. The molecule has 0 aliphatic carbocycles. The van der Waals surface area contributed by atoms with Crippen molar-refractivity contribution in [3.63, 3.8) is 0 Å². The van der Waals surface area contributed by atoms with Gasteiger partial charge in [-0.2, -0.15) is 0 Å². The highest BCUT2D eigenvalue weighted by atomic mass is 32.2. The summed E-state index contributed by atoms with van der Waals surface area (Å²) in [5.74, 6) is 0.0409. The molecule has 19 heavy (non-hydrogen) atoms. The monoisotopic (exact) mass is 286 g/mol. The molecule has 0 radical (unpaired) electrons. The van der Waals surface area contributed by atoms with Gasteiger partial charge in [-0.25, -0.2) is 12.8 Å². The molecule has 0 saturated carbocycles. The molecule has 2 unspecified atom stereocenters. The summed E-state index contributed by atoms with van der Waals surface area (Å²) in [5.41, 5.74) is 7.37. The maximum Gasteiger partial charge on any atom is 0.152 e. The van der Waals surface area contributed by atoms with Gasteiger partial charge < -0.3 is 10.6 Å². The fraction of sp³-hybridized carbons (Fsp3) is 0.538. The third-order valence-corrected chi connectivity index (χ3v) is 5.37. The molecular weight excluding hydrogens is 267 g/mol. The van der Waals surface area contributed by atoms with Crippen LogP contribution in [0, 0.1) is 5.82 Å². The molecule has 1 aromatic carbocycles. The molecule has 1 aliphatic rings. The van der Waals surface area contributed by atoms with Crippen molar-refractivity contribution in [2.45, 2.75) is 25.4 Å². The zero-order chi connectivity index (χ0) is 14.2. The van der Waals surface area contributed by atoms with Gasteiger partial charge >= 0.3 is 0 Å². The Kier molecular flexibility index (Phi) is 3.82. The number of rotatable bonds is 3. The first-order chi connectivity index (χ1) is 8.80. The molecule has 0 spiro atoms. The standard InChI is InChI=1S/C13H19FN2O2S/c1-9(15)12-7-10(14)3-4-13(12)16(2)11-5-6-19(17,18)8-11/h3-4,7,9,11H,5-6,8,15H2,1-2H3. The summed E-state index contributed by atoms with van der Waals surface area (Å²) in [6.45, 7) is 1.79. The van der Waals surface area contributed by atoms with Crippen LogP contribution in [0.1, 0.15) is 24.9 Å². The summed E-state index contributed by atoms with van der Waals surface area (Å²) in [6, 6.07) is 4.10. The minimum atomic E-state index is -2.94. The van der Waals surface area contributed by atoms with Crippen LogP contribution in [0.4, 0.5) is 10.1 Å². The summed E-state index contributed by atoms with van der Waals surface area (Å²) < 4.78 is 36.4. The van der Waals surface area contributed by atoms with Gasteiger partial charge in [-0.1, -0.05) is 0 Å². The van der Waals surface area contributed by atoms with E-state index in [0.29, 0.717) is 12.0 Å². The van der Waals surface area contributed by atoms with Crippen molar-refractivity contribution < 1.29 is 12.8 Å². The number of hydrogen-bond donors (Lipinski definition) is 1. The first-order valence-electron chi connectivity index (χ1n) is 6.28. The maximum absolute atomic E-state index is 13.3. The topological polar surface area (TPSA) is 63.4 Å². The highest BCUT2D eigenvalue weighted by Crippen LogP contribution is 2.29.